The highest BCUT2D eigenvalue weighted by atomic mass is 32.2. The van der Waals surface area contributed by atoms with E-state index in [9.17, 15) is 12.8 Å². The molecular weight excluding hydrogens is 355 g/mol. The smallest absolute Gasteiger partial charge is 0.243 e. The number of aromatic nitrogens is 3. The Bertz CT molecular complexity index is 987. The number of sulfonamides is 1. The molecule has 26 heavy (non-hydrogen) atoms. The largest absolute Gasteiger partial charge is 0.248 e. The third-order valence-electron chi connectivity index (χ3n) is 4.61. The first-order chi connectivity index (χ1) is 12.5. The predicted molar refractivity (Wildman–Crippen MR) is 94.3 cm³/mol. The van der Waals surface area contributed by atoms with Gasteiger partial charge in [-0.15, -0.1) is 5.10 Å². The van der Waals surface area contributed by atoms with Crippen molar-refractivity contribution in [3.63, 3.8) is 0 Å². The van der Waals surface area contributed by atoms with Crippen LogP contribution < -0.4 is 0 Å². The Kier molecular flexibility index (Phi) is 4.29. The van der Waals surface area contributed by atoms with Crippen molar-refractivity contribution >= 4 is 10.0 Å². The number of rotatable bonds is 4. The van der Waals surface area contributed by atoms with Crippen molar-refractivity contribution in [2.24, 2.45) is 0 Å². The van der Waals surface area contributed by atoms with E-state index in [4.69, 9.17) is 0 Å². The lowest BCUT2D eigenvalue weighted by molar-refractivity contribution is 0.428. The van der Waals surface area contributed by atoms with E-state index in [0.29, 0.717) is 19.5 Å². The van der Waals surface area contributed by atoms with Crippen molar-refractivity contribution in [1.29, 1.82) is 0 Å². The molecule has 0 bridgehead atoms. The van der Waals surface area contributed by atoms with Crippen LogP contribution in [0.1, 0.15) is 12.5 Å². The van der Waals surface area contributed by atoms with Crippen molar-refractivity contribution in [3.8, 4) is 11.1 Å². The lowest BCUT2D eigenvalue weighted by Crippen LogP contribution is -2.29. The topological polar surface area (TPSA) is 68.1 Å². The minimum atomic E-state index is -3.56. The maximum absolute atomic E-state index is 13.0. The van der Waals surface area contributed by atoms with Gasteiger partial charge in [-0.25, -0.2) is 17.5 Å². The van der Waals surface area contributed by atoms with Crippen molar-refractivity contribution in [2.75, 3.05) is 13.1 Å². The van der Waals surface area contributed by atoms with Crippen LogP contribution in [-0.4, -0.2) is 40.8 Å². The van der Waals surface area contributed by atoms with E-state index in [1.54, 1.807) is 53.5 Å². The normalized spacial score (nSPS) is 18.3. The lowest BCUT2D eigenvalue weighted by Gasteiger charge is -2.17. The van der Waals surface area contributed by atoms with Crippen LogP contribution in [0.25, 0.3) is 11.1 Å². The van der Waals surface area contributed by atoms with Gasteiger partial charge >= 0.3 is 0 Å². The molecule has 1 unspecified atom stereocenters. The molecule has 1 aliphatic heterocycles. The first-order valence-electron chi connectivity index (χ1n) is 8.26. The number of hydrogen-bond donors (Lipinski definition) is 0. The maximum Gasteiger partial charge on any atom is 0.243 e. The molecule has 0 spiro atoms. The highest BCUT2D eigenvalue weighted by Crippen LogP contribution is 2.28. The van der Waals surface area contributed by atoms with Crippen LogP contribution in [-0.2, 0) is 10.0 Å². The second-order valence-electron chi connectivity index (χ2n) is 6.22. The van der Waals surface area contributed by atoms with Gasteiger partial charge in [0, 0.05) is 19.3 Å². The first-order valence-corrected chi connectivity index (χ1v) is 9.70. The fraction of sp³-hybridized carbons (Fsp3) is 0.222. The summed E-state index contributed by atoms with van der Waals surface area (Å²) in [5, 5.41) is 7.73. The quantitative estimate of drug-likeness (QED) is 0.706. The van der Waals surface area contributed by atoms with Gasteiger partial charge in [-0.05, 0) is 41.8 Å². The third kappa shape index (κ3) is 3.13. The van der Waals surface area contributed by atoms with Crippen LogP contribution in [0.15, 0.2) is 65.8 Å². The zero-order valence-corrected chi connectivity index (χ0v) is 14.7. The number of hydrogen-bond acceptors (Lipinski definition) is 4. The average molecular weight is 372 g/mol. The van der Waals surface area contributed by atoms with Gasteiger partial charge in [0.1, 0.15) is 5.82 Å². The maximum atomic E-state index is 13.0. The van der Waals surface area contributed by atoms with Gasteiger partial charge in [-0.2, -0.15) is 4.31 Å². The Morgan fingerprint density at radius 3 is 2.27 bits per heavy atom. The predicted octanol–water partition coefficient (Wildman–Crippen LogP) is 2.72. The van der Waals surface area contributed by atoms with Crippen LogP contribution in [0.3, 0.4) is 0 Å². The van der Waals surface area contributed by atoms with Gasteiger partial charge in [-0.3, -0.25) is 0 Å². The molecule has 1 atom stereocenters. The molecule has 2 heterocycles. The van der Waals surface area contributed by atoms with Gasteiger partial charge in [0.2, 0.25) is 10.0 Å². The van der Waals surface area contributed by atoms with Gasteiger partial charge in [0.25, 0.3) is 0 Å². The van der Waals surface area contributed by atoms with Crippen molar-refractivity contribution in [1.82, 2.24) is 19.3 Å². The van der Waals surface area contributed by atoms with E-state index < -0.39 is 10.0 Å². The van der Waals surface area contributed by atoms with Crippen molar-refractivity contribution in [3.05, 3.63) is 66.7 Å². The molecule has 0 amide bonds. The summed E-state index contributed by atoms with van der Waals surface area (Å²) in [5.74, 6) is -0.302. The summed E-state index contributed by atoms with van der Waals surface area (Å²) in [6.45, 7) is 0.831. The Morgan fingerprint density at radius 2 is 1.65 bits per heavy atom. The third-order valence-corrected chi connectivity index (χ3v) is 6.49. The second-order valence-corrected chi connectivity index (χ2v) is 8.16. The Balaban J connectivity index is 1.54. The van der Waals surface area contributed by atoms with E-state index >= 15 is 0 Å². The molecule has 0 saturated carbocycles. The van der Waals surface area contributed by atoms with Gasteiger partial charge in [0.15, 0.2) is 0 Å². The summed E-state index contributed by atoms with van der Waals surface area (Å²) in [6.07, 6.45) is 4.04. The average Bonchev–Trinajstić information content (AvgIpc) is 3.34. The molecular formula is C18H17FN4O2S. The molecule has 8 heteroatoms. The van der Waals surface area contributed by atoms with Gasteiger partial charge in [0.05, 0.1) is 17.1 Å². The number of nitrogens with zero attached hydrogens (tertiary/aromatic N) is 4. The van der Waals surface area contributed by atoms with E-state index in [-0.39, 0.29) is 16.8 Å². The molecule has 1 fully saturated rings. The molecule has 0 N–H and O–H groups in total. The molecule has 0 aliphatic carbocycles. The Morgan fingerprint density at radius 1 is 1.00 bits per heavy atom. The molecule has 6 nitrogen and oxygen atoms in total. The monoisotopic (exact) mass is 372 g/mol. The highest BCUT2D eigenvalue weighted by Gasteiger charge is 2.33. The summed E-state index contributed by atoms with van der Waals surface area (Å²) in [7, 11) is -3.56. The standard InChI is InChI=1S/C18H17FN4O2S/c19-16-5-1-14(2-6-16)15-3-7-18(8-4-15)26(24,25)22-11-9-17(13-22)23-12-10-20-21-23/h1-8,10,12,17H,9,11,13H2. The minimum Gasteiger partial charge on any atom is -0.248 e. The van der Waals surface area contributed by atoms with Gasteiger partial charge in [-0.1, -0.05) is 29.5 Å². The number of halogens is 1. The summed E-state index contributed by atoms with van der Waals surface area (Å²) in [6, 6.07) is 12.8. The zero-order chi connectivity index (χ0) is 18.1. The molecule has 1 aromatic heterocycles. The zero-order valence-electron chi connectivity index (χ0n) is 13.9. The molecule has 2 aromatic carbocycles. The van der Waals surface area contributed by atoms with Crippen LogP contribution in [0.4, 0.5) is 4.39 Å². The van der Waals surface area contributed by atoms with E-state index in [0.717, 1.165) is 11.1 Å². The second kappa shape index (κ2) is 6.62. The van der Waals surface area contributed by atoms with Crippen molar-refractivity contribution < 1.29 is 12.8 Å². The van der Waals surface area contributed by atoms with Crippen LogP contribution >= 0.6 is 0 Å². The van der Waals surface area contributed by atoms with Crippen LogP contribution in [0.5, 0.6) is 0 Å². The first kappa shape index (κ1) is 16.9. The van der Waals surface area contributed by atoms with Crippen LogP contribution in [0, 0.1) is 5.82 Å². The van der Waals surface area contributed by atoms with E-state index in [1.165, 1.54) is 16.4 Å². The molecule has 134 valence electrons. The lowest BCUT2D eigenvalue weighted by atomic mass is 10.1. The van der Waals surface area contributed by atoms with E-state index in [1.807, 2.05) is 0 Å². The summed E-state index contributed by atoms with van der Waals surface area (Å²) >= 11 is 0. The summed E-state index contributed by atoms with van der Waals surface area (Å²) in [5.41, 5.74) is 1.67. The molecule has 0 radical (unpaired) electrons. The minimum absolute atomic E-state index is 0.00534. The van der Waals surface area contributed by atoms with E-state index in [2.05, 4.69) is 10.3 Å². The van der Waals surface area contributed by atoms with Crippen molar-refractivity contribution in [2.45, 2.75) is 17.4 Å². The summed E-state index contributed by atoms with van der Waals surface area (Å²) in [4.78, 5) is 0.252. The fourth-order valence-corrected chi connectivity index (χ4v) is 4.66. The molecule has 1 saturated heterocycles. The molecule has 4 rings (SSSR count). The van der Waals surface area contributed by atoms with Crippen LogP contribution in [0.2, 0.25) is 0 Å². The van der Waals surface area contributed by atoms with Gasteiger partial charge < -0.3 is 0 Å². The SMILES string of the molecule is O=S(=O)(c1ccc(-c2ccc(F)cc2)cc1)N1CCC(n2ccnn2)C1. The Labute approximate surface area is 150 Å². The fourth-order valence-electron chi connectivity index (χ4n) is 3.17. The Hall–Kier alpha value is -2.58. The molecule has 1 aliphatic rings. The summed E-state index contributed by atoms with van der Waals surface area (Å²) < 4.78 is 42.0. The highest BCUT2D eigenvalue weighted by molar-refractivity contribution is 7.89. The molecule has 3 aromatic rings. The number of benzene rings is 2.